The fourth-order valence-corrected chi connectivity index (χ4v) is 4.78. The molecule has 0 N–H and O–H groups in total. The van der Waals surface area contributed by atoms with Crippen LogP contribution in [0.5, 0.6) is 5.75 Å². The molecule has 2 aromatic carbocycles. The van der Waals surface area contributed by atoms with Crippen molar-refractivity contribution in [2.24, 2.45) is 0 Å². The summed E-state index contributed by atoms with van der Waals surface area (Å²) in [7, 11) is 1.91. The highest BCUT2D eigenvalue weighted by Gasteiger charge is 2.62. The van der Waals surface area contributed by atoms with Crippen molar-refractivity contribution in [1.82, 2.24) is 4.90 Å². The van der Waals surface area contributed by atoms with Crippen LogP contribution in [-0.4, -0.2) is 47.9 Å². The Labute approximate surface area is 186 Å². The molecule has 6 nitrogen and oxygen atoms in total. The number of esters is 2. The van der Waals surface area contributed by atoms with Crippen molar-refractivity contribution >= 4 is 11.9 Å². The van der Waals surface area contributed by atoms with Crippen LogP contribution in [0.1, 0.15) is 30.4 Å². The van der Waals surface area contributed by atoms with Gasteiger partial charge in [0.15, 0.2) is 6.10 Å². The maximum atomic E-state index is 12.2. The fraction of sp³-hybridized carbons (Fsp3) is 0.308. The van der Waals surface area contributed by atoms with Gasteiger partial charge in [-0.1, -0.05) is 30.0 Å². The molecule has 4 atom stereocenters. The summed E-state index contributed by atoms with van der Waals surface area (Å²) in [4.78, 5) is 26.5. The van der Waals surface area contributed by atoms with E-state index in [-0.39, 0.29) is 6.04 Å². The Bertz CT molecular complexity index is 1110. The standard InChI is InChI=1S/C26H23NO5/c1-27-20-15-16-26(27)25(31-23(28)13-14-24(29)32-26)22(17-20)30-21-11-9-19(10-12-21)8-7-18-5-3-2-4-6-18/h2-6,9-14,20,22,25H,15-17H2,1H3/b14-13+. The lowest BCUT2D eigenvalue weighted by Gasteiger charge is -2.49. The minimum absolute atomic E-state index is 0.183. The Kier molecular flexibility index (Phi) is 5.20. The Balaban J connectivity index is 1.37. The molecule has 3 aliphatic heterocycles. The maximum Gasteiger partial charge on any atom is 0.332 e. The predicted molar refractivity (Wildman–Crippen MR) is 117 cm³/mol. The molecule has 3 heterocycles. The van der Waals surface area contributed by atoms with Crippen molar-refractivity contribution in [3.63, 3.8) is 0 Å². The van der Waals surface area contributed by atoms with Crippen molar-refractivity contribution in [2.75, 3.05) is 7.05 Å². The molecule has 2 bridgehead atoms. The van der Waals surface area contributed by atoms with E-state index in [1.807, 2.05) is 66.5 Å². The van der Waals surface area contributed by atoms with Gasteiger partial charge in [-0.3, -0.25) is 4.90 Å². The number of ether oxygens (including phenoxy) is 3. The second-order valence-electron chi connectivity index (χ2n) is 8.29. The van der Waals surface area contributed by atoms with Crippen LogP contribution in [0, 0.1) is 11.8 Å². The first-order valence-corrected chi connectivity index (χ1v) is 10.7. The lowest BCUT2D eigenvalue weighted by molar-refractivity contribution is -0.239. The number of hydrogen-bond donors (Lipinski definition) is 0. The van der Waals surface area contributed by atoms with E-state index in [9.17, 15) is 9.59 Å². The lowest BCUT2D eigenvalue weighted by atomic mass is 9.93. The van der Waals surface area contributed by atoms with Gasteiger partial charge < -0.3 is 14.2 Å². The van der Waals surface area contributed by atoms with Crippen molar-refractivity contribution in [3.8, 4) is 17.6 Å². The summed E-state index contributed by atoms with van der Waals surface area (Å²) in [5.74, 6) is 5.83. The SMILES string of the molecule is CN1C2CCC13OC(=O)/C=C/C(=O)OC3C(Oc1ccc(C#Cc3ccccc3)cc1)C2. The van der Waals surface area contributed by atoms with Crippen LogP contribution in [0.2, 0.25) is 0 Å². The van der Waals surface area contributed by atoms with Crippen LogP contribution in [0.3, 0.4) is 0 Å². The molecule has 2 fully saturated rings. The van der Waals surface area contributed by atoms with Gasteiger partial charge in [-0.15, -0.1) is 0 Å². The number of carbonyl (C=O) groups is 2. The minimum Gasteiger partial charge on any atom is -0.486 e. The Morgan fingerprint density at radius 1 is 0.969 bits per heavy atom. The summed E-state index contributed by atoms with van der Waals surface area (Å²) in [6.07, 6.45) is 3.19. The molecule has 0 radical (unpaired) electrons. The minimum atomic E-state index is -1.01. The molecule has 2 aromatic rings. The summed E-state index contributed by atoms with van der Waals surface area (Å²) < 4.78 is 17.8. The van der Waals surface area contributed by atoms with Crippen LogP contribution in [-0.2, 0) is 19.1 Å². The van der Waals surface area contributed by atoms with Gasteiger partial charge in [-0.05, 0) is 49.9 Å². The average molecular weight is 429 g/mol. The number of hydrogen-bond acceptors (Lipinski definition) is 6. The number of rotatable bonds is 2. The van der Waals surface area contributed by atoms with Gasteiger partial charge in [0.25, 0.3) is 0 Å². The van der Waals surface area contributed by atoms with Crippen molar-refractivity contribution < 1.29 is 23.8 Å². The molecular formula is C26H23NO5. The van der Waals surface area contributed by atoms with Gasteiger partial charge in [0.05, 0.1) is 0 Å². The van der Waals surface area contributed by atoms with E-state index < -0.39 is 29.9 Å². The van der Waals surface area contributed by atoms with Gasteiger partial charge in [0.2, 0.25) is 5.72 Å². The highest BCUT2D eigenvalue weighted by atomic mass is 16.6. The molecule has 5 rings (SSSR count). The second-order valence-corrected chi connectivity index (χ2v) is 8.29. The normalized spacial score (nSPS) is 30.0. The molecular weight excluding hydrogens is 406 g/mol. The largest absolute Gasteiger partial charge is 0.486 e. The Morgan fingerprint density at radius 3 is 2.41 bits per heavy atom. The molecule has 4 unspecified atom stereocenters. The predicted octanol–water partition coefficient (Wildman–Crippen LogP) is 3.05. The van der Waals surface area contributed by atoms with E-state index in [4.69, 9.17) is 14.2 Å². The molecule has 2 saturated heterocycles. The smallest absolute Gasteiger partial charge is 0.332 e. The third-order valence-corrected chi connectivity index (χ3v) is 6.41. The third kappa shape index (κ3) is 3.76. The number of nitrogens with zero attached hydrogens (tertiary/aromatic N) is 1. The number of benzene rings is 2. The highest BCUT2D eigenvalue weighted by Crippen LogP contribution is 2.47. The zero-order chi connectivity index (χ0) is 22.1. The van der Waals surface area contributed by atoms with E-state index in [1.165, 1.54) is 0 Å². The molecule has 3 aliphatic rings. The molecule has 32 heavy (non-hydrogen) atoms. The summed E-state index contributed by atoms with van der Waals surface area (Å²) in [6.45, 7) is 0. The van der Waals surface area contributed by atoms with Crippen LogP contribution < -0.4 is 4.74 Å². The number of fused-ring (bicyclic) bond motifs is 1. The number of likely N-dealkylation sites (N-methyl/N-ethyl adjacent to an activating group) is 1. The van der Waals surface area contributed by atoms with Gasteiger partial charge in [-0.25, -0.2) is 9.59 Å². The van der Waals surface area contributed by atoms with E-state index >= 15 is 0 Å². The van der Waals surface area contributed by atoms with Gasteiger partial charge >= 0.3 is 11.9 Å². The van der Waals surface area contributed by atoms with Crippen molar-refractivity contribution in [1.29, 1.82) is 0 Å². The molecule has 6 heteroatoms. The van der Waals surface area contributed by atoms with Gasteiger partial charge in [0.1, 0.15) is 11.9 Å². The Morgan fingerprint density at radius 2 is 1.66 bits per heavy atom. The van der Waals surface area contributed by atoms with Crippen LogP contribution in [0.15, 0.2) is 66.7 Å². The Hall–Kier alpha value is -3.56. The molecule has 0 aromatic heterocycles. The van der Waals surface area contributed by atoms with E-state index in [2.05, 4.69) is 11.8 Å². The van der Waals surface area contributed by atoms with E-state index in [1.54, 1.807) is 0 Å². The number of piperidine rings is 1. The first-order chi connectivity index (χ1) is 15.5. The molecule has 1 spiro atoms. The van der Waals surface area contributed by atoms with Crippen LogP contribution in [0.25, 0.3) is 0 Å². The molecule has 162 valence electrons. The van der Waals surface area contributed by atoms with Crippen molar-refractivity contribution in [2.45, 2.75) is 43.2 Å². The highest BCUT2D eigenvalue weighted by molar-refractivity contribution is 5.92. The van der Waals surface area contributed by atoms with E-state index in [0.717, 1.165) is 29.7 Å². The summed E-state index contributed by atoms with van der Waals surface area (Å²) >= 11 is 0. The van der Waals surface area contributed by atoms with Crippen molar-refractivity contribution in [3.05, 3.63) is 77.9 Å². The van der Waals surface area contributed by atoms with Gasteiger partial charge in [0, 0.05) is 42.2 Å². The zero-order valence-corrected chi connectivity index (χ0v) is 17.7. The summed E-state index contributed by atoms with van der Waals surface area (Å²) in [6, 6.07) is 17.5. The quantitative estimate of drug-likeness (QED) is 0.540. The first-order valence-electron chi connectivity index (χ1n) is 10.7. The fourth-order valence-electron chi connectivity index (χ4n) is 4.78. The van der Waals surface area contributed by atoms with E-state index in [0.29, 0.717) is 18.6 Å². The monoisotopic (exact) mass is 429 g/mol. The van der Waals surface area contributed by atoms with Crippen LogP contribution in [0.4, 0.5) is 0 Å². The molecule has 0 amide bonds. The first kappa shape index (κ1) is 20.3. The maximum absolute atomic E-state index is 12.2. The number of carbonyl (C=O) groups excluding carboxylic acids is 2. The second kappa shape index (κ2) is 8.18. The third-order valence-electron chi connectivity index (χ3n) is 6.41. The topological polar surface area (TPSA) is 65.1 Å². The van der Waals surface area contributed by atoms with Crippen LogP contribution >= 0.6 is 0 Å². The summed E-state index contributed by atoms with van der Waals surface area (Å²) in [5.41, 5.74) is 0.818. The average Bonchev–Trinajstić information content (AvgIpc) is 3.02. The molecule has 0 saturated carbocycles. The molecule has 0 aliphatic carbocycles. The zero-order valence-electron chi connectivity index (χ0n) is 17.7. The lowest BCUT2D eigenvalue weighted by Crippen LogP contribution is -2.66. The summed E-state index contributed by atoms with van der Waals surface area (Å²) in [5, 5.41) is 0. The van der Waals surface area contributed by atoms with Gasteiger partial charge in [-0.2, -0.15) is 0 Å².